The second-order valence-electron chi connectivity index (χ2n) is 4.64. The van der Waals surface area contributed by atoms with E-state index < -0.39 is 0 Å². The number of ether oxygens (including phenoxy) is 2. The highest BCUT2D eigenvalue weighted by molar-refractivity contribution is 5.79. The minimum absolute atomic E-state index is 0.100. The van der Waals surface area contributed by atoms with Gasteiger partial charge in [0.05, 0.1) is 6.61 Å². The standard InChI is InChI=1S/C11H22O3/c1-11(2,3)6-8-14-7-5-10(12)9-13-4/h5-9H2,1-4H3. The van der Waals surface area contributed by atoms with Crippen LogP contribution >= 0.6 is 0 Å². The van der Waals surface area contributed by atoms with Crippen molar-refractivity contribution in [2.24, 2.45) is 5.41 Å². The average Bonchev–Trinajstić information content (AvgIpc) is 2.02. The van der Waals surface area contributed by atoms with Crippen LogP contribution in [-0.4, -0.2) is 32.7 Å². The molecule has 0 spiro atoms. The molecule has 0 aromatic rings. The zero-order valence-corrected chi connectivity index (χ0v) is 9.76. The molecule has 0 aliphatic carbocycles. The quantitative estimate of drug-likeness (QED) is 0.593. The monoisotopic (exact) mass is 202 g/mol. The van der Waals surface area contributed by atoms with E-state index in [1.807, 2.05) is 0 Å². The predicted molar refractivity (Wildman–Crippen MR) is 56.4 cm³/mol. The number of rotatable bonds is 7. The van der Waals surface area contributed by atoms with Crippen LogP contribution in [0.1, 0.15) is 33.6 Å². The van der Waals surface area contributed by atoms with E-state index in [4.69, 9.17) is 9.47 Å². The topological polar surface area (TPSA) is 35.5 Å². The number of hydrogen-bond donors (Lipinski definition) is 0. The van der Waals surface area contributed by atoms with Crippen molar-refractivity contribution >= 4 is 5.78 Å². The summed E-state index contributed by atoms with van der Waals surface area (Å²) in [6.45, 7) is 7.95. The summed E-state index contributed by atoms with van der Waals surface area (Å²) < 4.78 is 10.1. The zero-order valence-electron chi connectivity index (χ0n) is 9.76. The number of hydrogen-bond acceptors (Lipinski definition) is 3. The second kappa shape index (κ2) is 6.96. The van der Waals surface area contributed by atoms with Crippen molar-refractivity contribution in [1.29, 1.82) is 0 Å². The number of Topliss-reactive ketones (excluding diaryl/α,β-unsaturated/α-hetero) is 1. The van der Waals surface area contributed by atoms with Gasteiger partial charge in [0.2, 0.25) is 0 Å². The second-order valence-corrected chi connectivity index (χ2v) is 4.64. The summed E-state index contributed by atoms with van der Waals surface area (Å²) in [5.41, 5.74) is 0.302. The van der Waals surface area contributed by atoms with Gasteiger partial charge in [0, 0.05) is 20.1 Å². The van der Waals surface area contributed by atoms with E-state index >= 15 is 0 Å². The van der Waals surface area contributed by atoms with E-state index in [0.717, 1.165) is 13.0 Å². The summed E-state index contributed by atoms with van der Waals surface area (Å²) in [6, 6.07) is 0. The first-order chi connectivity index (χ1) is 6.45. The minimum atomic E-state index is 0.100. The predicted octanol–water partition coefficient (Wildman–Crippen LogP) is 2.04. The van der Waals surface area contributed by atoms with Gasteiger partial charge in [-0.15, -0.1) is 0 Å². The molecule has 0 fully saturated rings. The molecule has 0 rings (SSSR count). The van der Waals surface area contributed by atoms with Crippen LogP contribution in [0.15, 0.2) is 0 Å². The molecule has 3 heteroatoms. The van der Waals surface area contributed by atoms with Crippen molar-refractivity contribution in [3.63, 3.8) is 0 Å². The highest BCUT2D eigenvalue weighted by atomic mass is 16.5. The molecule has 0 aliphatic rings. The van der Waals surface area contributed by atoms with E-state index in [1.165, 1.54) is 7.11 Å². The lowest BCUT2D eigenvalue weighted by atomic mass is 9.93. The van der Waals surface area contributed by atoms with Crippen molar-refractivity contribution < 1.29 is 14.3 Å². The highest BCUT2D eigenvalue weighted by Crippen LogP contribution is 2.17. The summed E-state index contributed by atoms with van der Waals surface area (Å²) in [6.07, 6.45) is 1.48. The average molecular weight is 202 g/mol. The van der Waals surface area contributed by atoms with Gasteiger partial charge in [-0.3, -0.25) is 4.79 Å². The Bertz CT molecular complexity index is 158. The molecule has 0 heterocycles. The fourth-order valence-electron chi connectivity index (χ4n) is 0.900. The van der Waals surface area contributed by atoms with Crippen molar-refractivity contribution in [3.8, 4) is 0 Å². The van der Waals surface area contributed by atoms with Crippen LogP contribution in [0.4, 0.5) is 0 Å². The van der Waals surface area contributed by atoms with Gasteiger partial charge in [-0.25, -0.2) is 0 Å². The number of methoxy groups -OCH3 is 1. The maximum Gasteiger partial charge on any atom is 0.160 e. The van der Waals surface area contributed by atoms with E-state index in [2.05, 4.69) is 20.8 Å². The van der Waals surface area contributed by atoms with Crippen LogP contribution in [0.2, 0.25) is 0 Å². The largest absolute Gasteiger partial charge is 0.381 e. The maximum absolute atomic E-state index is 11.0. The van der Waals surface area contributed by atoms with Crippen LogP contribution in [0.5, 0.6) is 0 Å². The molecular formula is C11H22O3. The van der Waals surface area contributed by atoms with Crippen LogP contribution in [0.25, 0.3) is 0 Å². The number of carbonyl (C=O) groups excluding carboxylic acids is 1. The maximum atomic E-state index is 11.0. The Morgan fingerprint density at radius 2 is 1.86 bits per heavy atom. The Balaban J connectivity index is 3.26. The summed E-state index contributed by atoms with van der Waals surface area (Å²) in [4.78, 5) is 11.0. The van der Waals surface area contributed by atoms with Crippen molar-refractivity contribution in [2.45, 2.75) is 33.6 Å². The molecule has 0 radical (unpaired) electrons. The van der Waals surface area contributed by atoms with E-state index in [-0.39, 0.29) is 12.4 Å². The Morgan fingerprint density at radius 1 is 1.21 bits per heavy atom. The fraction of sp³-hybridized carbons (Fsp3) is 0.909. The molecule has 14 heavy (non-hydrogen) atoms. The molecule has 0 saturated carbocycles. The third-order valence-corrected chi connectivity index (χ3v) is 1.83. The van der Waals surface area contributed by atoms with Gasteiger partial charge in [0.15, 0.2) is 5.78 Å². The molecular weight excluding hydrogens is 180 g/mol. The summed E-state index contributed by atoms with van der Waals surface area (Å²) in [5.74, 6) is 0.100. The number of carbonyl (C=O) groups is 1. The lowest BCUT2D eigenvalue weighted by molar-refractivity contribution is -0.123. The first-order valence-electron chi connectivity index (χ1n) is 5.04. The Morgan fingerprint density at radius 3 is 2.36 bits per heavy atom. The lowest BCUT2D eigenvalue weighted by Gasteiger charge is -2.17. The smallest absolute Gasteiger partial charge is 0.160 e. The third kappa shape index (κ3) is 9.68. The van der Waals surface area contributed by atoms with E-state index in [1.54, 1.807) is 0 Å². The molecule has 0 aromatic carbocycles. The lowest BCUT2D eigenvalue weighted by Crippen LogP contribution is -2.13. The molecule has 0 aliphatic heterocycles. The first kappa shape index (κ1) is 13.6. The Labute approximate surface area is 86.8 Å². The van der Waals surface area contributed by atoms with Gasteiger partial charge in [-0.2, -0.15) is 0 Å². The fourth-order valence-corrected chi connectivity index (χ4v) is 0.900. The molecule has 84 valence electrons. The van der Waals surface area contributed by atoms with Gasteiger partial charge in [-0.1, -0.05) is 20.8 Å². The van der Waals surface area contributed by atoms with Gasteiger partial charge in [0.25, 0.3) is 0 Å². The van der Waals surface area contributed by atoms with Crippen LogP contribution < -0.4 is 0 Å². The van der Waals surface area contributed by atoms with Crippen molar-refractivity contribution in [3.05, 3.63) is 0 Å². The number of ketones is 1. The molecule has 0 amide bonds. The summed E-state index contributed by atoms with van der Waals surface area (Å²) in [5, 5.41) is 0. The normalized spacial score (nSPS) is 11.7. The van der Waals surface area contributed by atoms with Crippen molar-refractivity contribution in [2.75, 3.05) is 26.9 Å². The Kier molecular flexibility index (Phi) is 6.75. The van der Waals surface area contributed by atoms with Crippen LogP contribution in [0, 0.1) is 5.41 Å². The van der Waals surface area contributed by atoms with Crippen LogP contribution in [-0.2, 0) is 14.3 Å². The van der Waals surface area contributed by atoms with Crippen molar-refractivity contribution in [1.82, 2.24) is 0 Å². The SMILES string of the molecule is COCC(=O)CCOCCC(C)(C)C. The molecule has 0 atom stereocenters. The molecule has 0 aromatic heterocycles. The summed E-state index contributed by atoms with van der Waals surface area (Å²) in [7, 11) is 1.53. The van der Waals surface area contributed by atoms with Crippen LogP contribution in [0.3, 0.4) is 0 Å². The minimum Gasteiger partial charge on any atom is -0.381 e. The zero-order chi connectivity index (χ0) is 11.0. The Hall–Kier alpha value is -0.410. The van der Waals surface area contributed by atoms with Gasteiger partial charge >= 0.3 is 0 Å². The highest BCUT2D eigenvalue weighted by Gasteiger charge is 2.09. The third-order valence-electron chi connectivity index (χ3n) is 1.83. The van der Waals surface area contributed by atoms with Gasteiger partial charge in [0.1, 0.15) is 6.61 Å². The van der Waals surface area contributed by atoms with Gasteiger partial charge in [-0.05, 0) is 11.8 Å². The molecule has 0 N–H and O–H groups in total. The van der Waals surface area contributed by atoms with Gasteiger partial charge < -0.3 is 9.47 Å². The molecule has 0 unspecified atom stereocenters. The van der Waals surface area contributed by atoms with E-state index in [9.17, 15) is 4.79 Å². The molecule has 0 saturated heterocycles. The van der Waals surface area contributed by atoms with E-state index in [0.29, 0.717) is 18.4 Å². The first-order valence-corrected chi connectivity index (χ1v) is 5.04. The molecule has 3 nitrogen and oxygen atoms in total. The molecule has 0 bridgehead atoms. The summed E-state index contributed by atoms with van der Waals surface area (Å²) >= 11 is 0.